The third-order valence-corrected chi connectivity index (χ3v) is 12.3. The van der Waals surface area contributed by atoms with Gasteiger partial charge in [0.15, 0.2) is 11.6 Å². The van der Waals surface area contributed by atoms with Crippen LogP contribution in [0.5, 0.6) is 0 Å². The number of likely N-dealkylation sites (tertiary alicyclic amines) is 1. The van der Waals surface area contributed by atoms with E-state index in [9.17, 15) is 19.8 Å². The van der Waals surface area contributed by atoms with Gasteiger partial charge in [-0.3, -0.25) is 14.5 Å². The zero-order valence-corrected chi connectivity index (χ0v) is 21.8. The standard InChI is InChI=1S/C29H37NO4S/c1-26-9-8-20(32)11-18(26)6-7-22-25(26)23(33)13-28(3)27(22,2)12-19-14-30(15-21-5-4-10-35-21)17-29(19,28)24(34)16-31/h4-5,8-11,19,22-23,25,31,33H,6-7,12-17H2,1-3H3. The van der Waals surface area contributed by atoms with Crippen molar-refractivity contribution in [2.75, 3.05) is 19.7 Å². The summed E-state index contributed by atoms with van der Waals surface area (Å²) in [5.74, 6) is 0.476. The largest absolute Gasteiger partial charge is 0.393 e. The van der Waals surface area contributed by atoms with Crippen LogP contribution < -0.4 is 0 Å². The van der Waals surface area contributed by atoms with Crippen LogP contribution in [0, 0.1) is 39.4 Å². The zero-order valence-electron chi connectivity index (χ0n) is 21.0. The lowest BCUT2D eigenvalue weighted by atomic mass is 9.40. The molecule has 1 saturated heterocycles. The molecule has 4 fully saturated rings. The van der Waals surface area contributed by atoms with Crippen LogP contribution in [-0.2, 0) is 16.1 Å². The Kier molecular flexibility index (Phi) is 5.23. The minimum atomic E-state index is -0.644. The van der Waals surface area contributed by atoms with Crippen molar-refractivity contribution in [1.29, 1.82) is 0 Å². The number of allylic oxidation sites excluding steroid dienone is 4. The fourth-order valence-corrected chi connectivity index (χ4v) is 10.6. The molecule has 1 aromatic rings. The van der Waals surface area contributed by atoms with Gasteiger partial charge in [0.1, 0.15) is 6.61 Å². The van der Waals surface area contributed by atoms with Gasteiger partial charge in [0.2, 0.25) is 0 Å². The van der Waals surface area contributed by atoms with E-state index >= 15 is 0 Å². The smallest absolute Gasteiger partial charge is 0.178 e. The van der Waals surface area contributed by atoms with Gasteiger partial charge in [0.25, 0.3) is 0 Å². The zero-order chi connectivity index (χ0) is 24.8. The Balaban J connectivity index is 1.41. The Morgan fingerprint density at radius 1 is 1.26 bits per heavy atom. The van der Waals surface area contributed by atoms with Gasteiger partial charge in [-0.1, -0.05) is 38.5 Å². The van der Waals surface area contributed by atoms with Crippen molar-refractivity contribution in [3.8, 4) is 0 Å². The van der Waals surface area contributed by atoms with Gasteiger partial charge in [0, 0.05) is 35.8 Å². The number of carbonyl (C=O) groups excluding carboxylic acids is 2. The van der Waals surface area contributed by atoms with E-state index in [-0.39, 0.29) is 40.2 Å². The highest BCUT2D eigenvalue weighted by Gasteiger charge is 2.77. The number of carbonyl (C=O) groups is 2. The highest BCUT2D eigenvalue weighted by atomic mass is 32.1. The summed E-state index contributed by atoms with van der Waals surface area (Å²) in [5.41, 5.74) is -0.335. The van der Waals surface area contributed by atoms with Crippen molar-refractivity contribution in [1.82, 2.24) is 4.90 Å². The SMILES string of the molecule is CC12C=CC(=O)C=C1CCC1C2C(O)CC2(C)C1(C)CC1CN(Cc3cccs3)CC12C(=O)CO. The number of aliphatic hydroxyl groups excluding tert-OH is 2. The molecule has 6 heteroatoms. The topological polar surface area (TPSA) is 77.8 Å². The molecule has 3 saturated carbocycles. The number of fused-ring (bicyclic) bond motifs is 7. The van der Waals surface area contributed by atoms with Crippen molar-refractivity contribution >= 4 is 22.9 Å². The second-order valence-electron chi connectivity index (χ2n) is 12.6. The van der Waals surface area contributed by atoms with Crippen molar-refractivity contribution < 1.29 is 19.8 Å². The number of nitrogens with zero attached hydrogens (tertiary/aromatic N) is 1. The average Bonchev–Trinajstić information content (AvgIpc) is 3.49. The quantitative estimate of drug-likeness (QED) is 0.660. The molecule has 8 atom stereocenters. The summed E-state index contributed by atoms with van der Waals surface area (Å²) in [6.45, 7) is 8.74. The molecule has 35 heavy (non-hydrogen) atoms. The summed E-state index contributed by atoms with van der Waals surface area (Å²) >= 11 is 1.75. The molecule has 188 valence electrons. The van der Waals surface area contributed by atoms with Gasteiger partial charge >= 0.3 is 0 Å². The van der Waals surface area contributed by atoms with Crippen LogP contribution >= 0.6 is 11.3 Å². The summed E-state index contributed by atoms with van der Waals surface area (Å²) in [5, 5.41) is 24.1. The third-order valence-electron chi connectivity index (χ3n) is 11.5. The lowest BCUT2D eigenvalue weighted by molar-refractivity contribution is -0.185. The summed E-state index contributed by atoms with van der Waals surface area (Å²) < 4.78 is 0. The fourth-order valence-electron chi connectivity index (χ4n) is 9.85. The van der Waals surface area contributed by atoms with Gasteiger partial charge in [-0.2, -0.15) is 0 Å². The molecule has 8 unspecified atom stereocenters. The van der Waals surface area contributed by atoms with E-state index in [0.29, 0.717) is 13.0 Å². The maximum absolute atomic E-state index is 13.7. The molecule has 0 aromatic carbocycles. The molecular weight excluding hydrogens is 458 g/mol. The second kappa shape index (κ2) is 7.70. The monoisotopic (exact) mass is 495 g/mol. The van der Waals surface area contributed by atoms with Gasteiger partial charge < -0.3 is 10.2 Å². The number of rotatable bonds is 4. The first-order chi connectivity index (χ1) is 16.6. The number of Topliss-reactive ketones (excluding diaryl/α,β-unsaturated/α-hetero) is 1. The van der Waals surface area contributed by atoms with E-state index in [1.54, 1.807) is 23.5 Å². The summed E-state index contributed by atoms with van der Waals surface area (Å²) in [6, 6.07) is 4.22. The normalized spacial score (nSPS) is 46.5. The fraction of sp³-hybridized carbons (Fsp3) is 0.655. The minimum absolute atomic E-state index is 0.0345. The number of aliphatic hydroxyl groups is 2. The predicted octanol–water partition coefficient (Wildman–Crippen LogP) is 4.01. The average molecular weight is 496 g/mol. The first kappa shape index (κ1) is 23.8. The maximum atomic E-state index is 13.7. The van der Waals surface area contributed by atoms with E-state index in [2.05, 4.69) is 43.2 Å². The van der Waals surface area contributed by atoms with Crippen LogP contribution in [0.3, 0.4) is 0 Å². The first-order valence-electron chi connectivity index (χ1n) is 13.1. The molecule has 0 amide bonds. The Morgan fingerprint density at radius 2 is 2.06 bits per heavy atom. The van der Waals surface area contributed by atoms with Gasteiger partial charge in [0.05, 0.1) is 11.5 Å². The predicted molar refractivity (Wildman–Crippen MR) is 136 cm³/mol. The van der Waals surface area contributed by atoms with Crippen LogP contribution in [0.2, 0.25) is 0 Å². The number of hydrogen-bond donors (Lipinski definition) is 2. The van der Waals surface area contributed by atoms with Crippen LogP contribution in [0.25, 0.3) is 0 Å². The van der Waals surface area contributed by atoms with E-state index in [4.69, 9.17) is 0 Å². The van der Waals surface area contributed by atoms with Crippen LogP contribution in [0.1, 0.15) is 51.3 Å². The van der Waals surface area contributed by atoms with Crippen LogP contribution in [-0.4, -0.2) is 52.5 Å². The molecule has 0 bridgehead atoms. The molecule has 2 heterocycles. The van der Waals surface area contributed by atoms with Gasteiger partial charge in [-0.15, -0.1) is 11.3 Å². The van der Waals surface area contributed by atoms with Crippen LogP contribution in [0.4, 0.5) is 0 Å². The molecule has 0 radical (unpaired) electrons. The van der Waals surface area contributed by atoms with Crippen molar-refractivity contribution in [3.05, 3.63) is 46.2 Å². The van der Waals surface area contributed by atoms with Crippen molar-refractivity contribution in [2.24, 2.45) is 39.4 Å². The van der Waals surface area contributed by atoms with E-state index in [1.807, 2.05) is 6.08 Å². The number of hydrogen-bond acceptors (Lipinski definition) is 6. The Morgan fingerprint density at radius 3 is 2.77 bits per heavy atom. The molecule has 1 aliphatic heterocycles. The lowest BCUT2D eigenvalue weighted by Gasteiger charge is -2.65. The van der Waals surface area contributed by atoms with Gasteiger partial charge in [-0.05, 0) is 71.9 Å². The summed E-state index contributed by atoms with van der Waals surface area (Å²) in [6.07, 6.45) is 8.26. The molecule has 6 rings (SSSR count). The first-order valence-corrected chi connectivity index (χ1v) is 14.0. The van der Waals surface area contributed by atoms with Crippen molar-refractivity contribution in [2.45, 2.75) is 59.1 Å². The molecule has 5 nitrogen and oxygen atoms in total. The Bertz CT molecular complexity index is 1130. The minimum Gasteiger partial charge on any atom is -0.393 e. The molecule has 2 N–H and O–H groups in total. The van der Waals surface area contributed by atoms with Gasteiger partial charge in [-0.25, -0.2) is 0 Å². The molecular formula is C29H37NO4S. The van der Waals surface area contributed by atoms with E-state index in [1.165, 1.54) is 4.88 Å². The van der Waals surface area contributed by atoms with E-state index in [0.717, 1.165) is 37.9 Å². The van der Waals surface area contributed by atoms with E-state index < -0.39 is 23.5 Å². The van der Waals surface area contributed by atoms with Crippen LogP contribution in [0.15, 0.2) is 41.3 Å². The molecule has 4 aliphatic carbocycles. The van der Waals surface area contributed by atoms with Crippen molar-refractivity contribution in [3.63, 3.8) is 0 Å². The maximum Gasteiger partial charge on any atom is 0.178 e. The highest BCUT2D eigenvalue weighted by Crippen LogP contribution is 2.77. The number of ketones is 2. The summed E-state index contributed by atoms with van der Waals surface area (Å²) in [7, 11) is 0. The lowest BCUT2D eigenvalue weighted by Crippen LogP contribution is -2.64. The highest BCUT2D eigenvalue weighted by molar-refractivity contribution is 7.09. The molecule has 5 aliphatic rings. The Hall–Kier alpha value is -1.60. The Labute approximate surface area is 211 Å². The molecule has 1 aromatic heterocycles. The third kappa shape index (κ3) is 2.91. The molecule has 0 spiro atoms. The number of thiophene rings is 1. The summed E-state index contributed by atoms with van der Waals surface area (Å²) in [4.78, 5) is 29.6. The second-order valence-corrected chi connectivity index (χ2v) is 13.6.